The van der Waals surface area contributed by atoms with Crippen LogP contribution in [0.15, 0.2) is 54.7 Å². The smallest absolute Gasteiger partial charge is 0.326 e. The van der Waals surface area contributed by atoms with Crippen molar-refractivity contribution < 1.29 is 23.5 Å². The lowest BCUT2D eigenvalue weighted by Gasteiger charge is -2.13. The van der Waals surface area contributed by atoms with Crippen molar-refractivity contribution >= 4 is 11.9 Å². The number of allylic oxidation sites excluding steroid dienone is 5. The maximum atomic E-state index is 13.1. The van der Waals surface area contributed by atoms with Crippen molar-refractivity contribution in [2.75, 3.05) is 0 Å². The van der Waals surface area contributed by atoms with E-state index in [9.17, 15) is 18.4 Å². The monoisotopic (exact) mass is 321 g/mol. The van der Waals surface area contributed by atoms with Crippen molar-refractivity contribution in [2.45, 2.75) is 19.4 Å². The molecule has 0 aromatic heterocycles. The Labute approximate surface area is 132 Å². The van der Waals surface area contributed by atoms with Gasteiger partial charge < -0.3 is 10.4 Å². The van der Waals surface area contributed by atoms with Gasteiger partial charge in [0.1, 0.15) is 17.7 Å². The largest absolute Gasteiger partial charge is 0.480 e. The topological polar surface area (TPSA) is 66.4 Å². The van der Waals surface area contributed by atoms with Gasteiger partial charge in [0.25, 0.3) is 0 Å². The Bertz CT molecular complexity index is 631. The Morgan fingerprint density at radius 1 is 1.13 bits per heavy atom. The van der Waals surface area contributed by atoms with E-state index in [0.717, 1.165) is 12.1 Å². The molecule has 0 heterocycles. The molecule has 6 heteroatoms. The van der Waals surface area contributed by atoms with Crippen molar-refractivity contribution in [1.82, 2.24) is 5.32 Å². The molecule has 1 amide bonds. The van der Waals surface area contributed by atoms with E-state index in [1.165, 1.54) is 12.2 Å². The van der Waals surface area contributed by atoms with Crippen molar-refractivity contribution in [3.8, 4) is 0 Å². The fraction of sp³-hybridized carbons (Fsp3) is 0.176. The quantitative estimate of drug-likeness (QED) is 0.599. The summed E-state index contributed by atoms with van der Waals surface area (Å²) in [6.45, 7) is 1.84. The molecule has 0 aliphatic rings. The number of hydrogen-bond donors (Lipinski definition) is 2. The summed E-state index contributed by atoms with van der Waals surface area (Å²) < 4.78 is 26.2. The maximum Gasteiger partial charge on any atom is 0.326 e. The molecule has 0 bridgehead atoms. The fourth-order valence-corrected chi connectivity index (χ4v) is 1.77. The Morgan fingerprint density at radius 2 is 1.74 bits per heavy atom. The molecule has 1 atom stereocenters. The van der Waals surface area contributed by atoms with Crippen LogP contribution in [-0.4, -0.2) is 23.0 Å². The predicted molar refractivity (Wildman–Crippen MR) is 82.7 cm³/mol. The first kappa shape index (κ1) is 18.3. The van der Waals surface area contributed by atoms with Gasteiger partial charge in [0, 0.05) is 18.6 Å². The summed E-state index contributed by atoms with van der Waals surface area (Å²) in [6, 6.07) is 1.46. The number of benzene rings is 1. The molecule has 23 heavy (non-hydrogen) atoms. The molecule has 1 aromatic rings. The van der Waals surface area contributed by atoms with E-state index < -0.39 is 29.6 Å². The molecule has 0 fully saturated rings. The van der Waals surface area contributed by atoms with Crippen LogP contribution < -0.4 is 5.32 Å². The Kier molecular flexibility index (Phi) is 7.39. The zero-order valence-electron chi connectivity index (χ0n) is 12.5. The lowest BCUT2D eigenvalue weighted by atomic mass is 10.1. The molecule has 0 radical (unpaired) electrons. The van der Waals surface area contributed by atoms with Crippen LogP contribution in [-0.2, 0) is 16.0 Å². The van der Waals surface area contributed by atoms with Crippen LogP contribution >= 0.6 is 0 Å². The first-order valence-corrected chi connectivity index (χ1v) is 6.86. The molecule has 0 aliphatic carbocycles. The molecule has 0 spiro atoms. The first-order valence-electron chi connectivity index (χ1n) is 6.86. The van der Waals surface area contributed by atoms with Crippen LogP contribution in [0.2, 0.25) is 0 Å². The van der Waals surface area contributed by atoms with E-state index in [2.05, 4.69) is 5.32 Å². The minimum atomic E-state index is -1.29. The fourth-order valence-electron chi connectivity index (χ4n) is 1.77. The molecule has 0 saturated heterocycles. The number of amides is 1. The van der Waals surface area contributed by atoms with E-state index in [4.69, 9.17) is 5.11 Å². The standard InChI is InChI=1S/C17H17F2NO3/c1-2-3-4-5-6-7-16(21)20-15(17(22)23)10-12-8-13(18)11-14(19)9-12/h2-9,11,15H,10H2,1H3,(H,20,21)(H,22,23). The summed E-state index contributed by atoms with van der Waals surface area (Å²) in [7, 11) is 0. The van der Waals surface area contributed by atoms with Gasteiger partial charge >= 0.3 is 5.97 Å². The normalized spacial score (nSPS) is 13.0. The number of aliphatic carboxylic acids is 1. The third-order valence-corrected chi connectivity index (χ3v) is 2.75. The van der Waals surface area contributed by atoms with Crippen LogP contribution in [0, 0.1) is 11.6 Å². The minimum absolute atomic E-state index is 0.146. The highest BCUT2D eigenvalue weighted by molar-refractivity contribution is 5.91. The van der Waals surface area contributed by atoms with Crippen molar-refractivity contribution in [3.63, 3.8) is 0 Å². The number of nitrogens with one attached hydrogen (secondary N) is 1. The highest BCUT2D eigenvalue weighted by atomic mass is 19.1. The Balaban J connectivity index is 2.71. The van der Waals surface area contributed by atoms with Crippen LogP contribution in [0.25, 0.3) is 0 Å². The van der Waals surface area contributed by atoms with Gasteiger partial charge in [0.2, 0.25) is 5.91 Å². The lowest BCUT2D eigenvalue weighted by molar-refractivity contribution is -0.141. The second-order valence-corrected chi connectivity index (χ2v) is 4.65. The second-order valence-electron chi connectivity index (χ2n) is 4.65. The van der Waals surface area contributed by atoms with E-state index >= 15 is 0 Å². The van der Waals surface area contributed by atoms with E-state index in [-0.39, 0.29) is 12.0 Å². The summed E-state index contributed by atoms with van der Waals surface area (Å²) in [5.41, 5.74) is 0.146. The number of carboxylic acids is 1. The van der Waals surface area contributed by atoms with Gasteiger partial charge in [-0.25, -0.2) is 13.6 Å². The SMILES string of the molecule is CC=CC=CC=CC(=O)NC(Cc1cc(F)cc(F)c1)C(=O)O. The van der Waals surface area contributed by atoms with Crippen molar-refractivity contribution in [3.05, 3.63) is 71.9 Å². The number of carboxylic acid groups (broad SMARTS) is 1. The molecular formula is C17H17F2NO3. The Hall–Kier alpha value is -2.76. The highest BCUT2D eigenvalue weighted by Gasteiger charge is 2.20. The molecule has 0 aliphatic heterocycles. The third-order valence-electron chi connectivity index (χ3n) is 2.75. The first-order chi connectivity index (χ1) is 10.9. The number of halogens is 2. The van der Waals surface area contributed by atoms with E-state index in [0.29, 0.717) is 6.07 Å². The van der Waals surface area contributed by atoms with E-state index in [1.54, 1.807) is 18.2 Å². The number of carbonyl (C=O) groups excluding carboxylic acids is 1. The molecule has 2 N–H and O–H groups in total. The summed E-state index contributed by atoms with van der Waals surface area (Å²) in [4.78, 5) is 22.8. The van der Waals surface area contributed by atoms with Gasteiger partial charge in [-0.1, -0.05) is 30.4 Å². The average Bonchev–Trinajstić information content (AvgIpc) is 2.45. The van der Waals surface area contributed by atoms with Gasteiger partial charge in [0.15, 0.2) is 0 Å². The van der Waals surface area contributed by atoms with Gasteiger partial charge in [-0.3, -0.25) is 4.79 Å². The summed E-state index contributed by atoms with van der Waals surface area (Å²) in [6.07, 6.45) is 9.28. The Morgan fingerprint density at radius 3 is 2.30 bits per heavy atom. The number of rotatable bonds is 7. The molecule has 1 aromatic carbocycles. The van der Waals surface area contributed by atoms with Gasteiger partial charge in [-0.05, 0) is 24.6 Å². The number of hydrogen-bond acceptors (Lipinski definition) is 2. The van der Waals surface area contributed by atoms with Crippen molar-refractivity contribution in [2.24, 2.45) is 0 Å². The van der Waals surface area contributed by atoms with Gasteiger partial charge in [0.05, 0.1) is 0 Å². The van der Waals surface area contributed by atoms with Crippen LogP contribution in [0.3, 0.4) is 0 Å². The highest BCUT2D eigenvalue weighted by Crippen LogP contribution is 2.10. The molecule has 0 saturated carbocycles. The van der Waals surface area contributed by atoms with Gasteiger partial charge in [-0.15, -0.1) is 0 Å². The molecule has 1 rings (SSSR count). The van der Waals surface area contributed by atoms with Crippen LogP contribution in [0.4, 0.5) is 8.78 Å². The zero-order valence-corrected chi connectivity index (χ0v) is 12.5. The number of carbonyl (C=O) groups is 2. The molecule has 4 nitrogen and oxygen atoms in total. The average molecular weight is 321 g/mol. The lowest BCUT2D eigenvalue weighted by Crippen LogP contribution is -2.41. The maximum absolute atomic E-state index is 13.1. The van der Waals surface area contributed by atoms with Crippen LogP contribution in [0.5, 0.6) is 0 Å². The molecule has 1 unspecified atom stereocenters. The summed E-state index contributed by atoms with van der Waals surface area (Å²) in [5, 5.41) is 11.4. The minimum Gasteiger partial charge on any atom is -0.480 e. The summed E-state index contributed by atoms with van der Waals surface area (Å²) >= 11 is 0. The molecular weight excluding hydrogens is 304 g/mol. The van der Waals surface area contributed by atoms with E-state index in [1.807, 2.05) is 13.0 Å². The third kappa shape index (κ3) is 7.17. The predicted octanol–water partition coefficient (Wildman–Crippen LogP) is 2.77. The van der Waals surface area contributed by atoms with Crippen LogP contribution in [0.1, 0.15) is 12.5 Å². The molecule has 122 valence electrons. The van der Waals surface area contributed by atoms with Gasteiger partial charge in [-0.2, -0.15) is 0 Å². The summed E-state index contributed by atoms with van der Waals surface area (Å²) in [5.74, 6) is -3.51. The zero-order chi connectivity index (χ0) is 17.2. The second kappa shape index (κ2) is 9.30. The van der Waals surface area contributed by atoms with Crippen molar-refractivity contribution in [1.29, 1.82) is 0 Å².